The summed E-state index contributed by atoms with van der Waals surface area (Å²) in [6.07, 6.45) is 1.78. The lowest BCUT2D eigenvalue weighted by molar-refractivity contribution is -0.139. The van der Waals surface area contributed by atoms with Crippen LogP contribution in [0.25, 0.3) is 0 Å². The first-order valence-corrected chi connectivity index (χ1v) is 5.04. The largest absolute Gasteiger partial charge is 0.481 e. The third-order valence-electron chi connectivity index (χ3n) is 2.85. The molecule has 0 amide bonds. The Balaban J connectivity index is 2.25. The monoisotopic (exact) mass is 197 g/mol. The maximum atomic E-state index is 10.9. The molecule has 2 rings (SSSR count). The average Bonchev–Trinajstić information content (AvgIpc) is 2.50. The first kappa shape index (κ1) is 8.69. The topological polar surface area (TPSA) is 50.2 Å². The average molecular weight is 197 g/mol. The van der Waals surface area contributed by atoms with Crippen molar-refractivity contribution >= 4 is 17.3 Å². The predicted octanol–water partition coefficient (Wildman–Crippen LogP) is 1.97. The Morgan fingerprint density at radius 1 is 1.69 bits per heavy atom. The third kappa shape index (κ3) is 1.16. The van der Waals surface area contributed by atoms with Crippen molar-refractivity contribution in [1.29, 1.82) is 0 Å². The lowest BCUT2D eigenvalue weighted by atomic mass is 10.1. The van der Waals surface area contributed by atoms with Crippen molar-refractivity contribution < 1.29 is 9.90 Å². The van der Waals surface area contributed by atoms with Crippen molar-refractivity contribution in [3.05, 3.63) is 16.6 Å². The molecule has 1 fully saturated rings. The van der Waals surface area contributed by atoms with Gasteiger partial charge in [-0.2, -0.15) is 0 Å². The van der Waals surface area contributed by atoms with E-state index in [-0.39, 0.29) is 17.3 Å². The van der Waals surface area contributed by atoms with Gasteiger partial charge in [-0.05, 0) is 5.41 Å². The lowest BCUT2D eigenvalue weighted by Crippen LogP contribution is -2.02. The predicted molar refractivity (Wildman–Crippen MR) is 49.8 cm³/mol. The highest BCUT2D eigenvalue weighted by Gasteiger charge is 2.63. The summed E-state index contributed by atoms with van der Waals surface area (Å²) in [4.78, 5) is 15.9. The smallest absolute Gasteiger partial charge is 0.307 e. The number of aromatic nitrogens is 1. The van der Waals surface area contributed by atoms with E-state index < -0.39 is 5.97 Å². The van der Waals surface area contributed by atoms with Crippen molar-refractivity contribution in [3.63, 3.8) is 0 Å². The number of carboxylic acid groups (broad SMARTS) is 1. The molecule has 0 aromatic carbocycles. The van der Waals surface area contributed by atoms with E-state index in [2.05, 4.69) is 4.98 Å². The van der Waals surface area contributed by atoms with Crippen LogP contribution >= 0.6 is 11.3 Å². The minimum Gasteiger partial charge on any atom is -0.481 e. The molecule has 0 aliphatic heterocycles. The Hall–Kier alpha value is -0.900. The van der Waals surface area contributed by atoms with E-state index in [1.807, 2.05) is 13.8 Å². The van der Waals surface area contributed by atoms with E-state index in [1.54, 1.807) is 23.0 Å². The molecule has 0 saturated heterocycles. The zero-order chi connectivity index (χ0) is 9.64. The van der Waals surface area contributed by atoms with Crippen LogP contribution in [0.1, 0.15) is 24.6 Å². The Bertz CT molecular complexity index is 331. The van der Waals surface area contributed by atoms with Gasteiger partial charge in [0.1, 0.15) is 0 Å². The fraction of sp³-hybridized carbons (Fsp3) is 0.556. The van der Waals surface area contributed by atoms with Gasteiger partial charge in [-0.1, -0.05) is 13.8 Å². The van der Waals surface area contributed by atoms with Crippen LogP contribution in [0, 0.1) is 11.3 Å². The molecule has 1 aromatic rings. The van der Waals surface area contributed by atoms with Crippen LogP contribution in [0.15, 0.2) is 11.7 Å². The Morgan fingerprint density at radius 2 is 2.38 bits per heavy atom. The summed E-state index contributed by atoms with van der Waals surface area (Å²) in [6.45, 7) is 3.99. The van der Waals surface area contributed by atoms with Crippen molar-refractivity contribution in [3.8, 4) is 0 Å². The molecule has 1 N–H and O–H groups in total. The summed E-state index contributed by atoms with van der Waals surface area (Å²) in [5.41, 5.74) is 1.65. The van der Waals surface area contributed by atoms with Gasteiger partial charge in [0.05, 0.1) is 11.4 Å². The van der Waals surface area contributed by atoms with E-state index >= 15 is 0 Å². The molecule has 0 unspecified atom stereocenters. The summed E-state index contributed by atoms with van der Waals surface area (Å²) in [6, 6.07) is 0. The molecule has 1 aromatic heterocycles. The van der Waals surface area contributed by atoms with E-state index in [9.17, 15) is 4.79 Å². The minimum atomic E-state index is -0.691. The van der Waals surface area contributed by atoms with Gasteiger partial charge in [0.2, 0.25) is 0 Å². The molecule has 1 saturated carbocycles. The van der Waals surface area contributed by atoms with Crippen LogP contribution in [0.4, 0.5) is 0 Å². The van der Waals surface area contributed by atoms with Gasteiger partial charge in [-0.25, -0.2) is 0 Å². The summed E-state index contributed by atoms with van der Waals surface area (Å²) in [5.74, 6) is -0.756. The van der Waals surface area contributed by atoms with Gasteiger partial charge in [-0.15, -0.1) is 11.3 Å². The van der Waals surface area contributed by atoms with Gasteiger partial charge in [0.25, 0.3) is 0 Å². The fourth-order valence-corrected chi connectivity index (χ4v) is 2.96. The summed E-state index contributed by atoms with van der Waals surface area (Å²) >= 11 is 1.54. The van der Waals surface area contributed by atoms with Gasteiger partial charge >= 0.3 is 5.97 Å². The maximum absolute atomic E-state index is 10.9. The highest BCUT2D eigenvalue weighted by molar-refractivity contribution is 7.09. The molecule has 1 aliphatic rings. The van der Waals surface area contributed by atoms with Gasteiger partial charge in [0.15, 0.2) is 0 Å². The summed E-state index contributed by atoms with van der Waals surface area (Å²) < 4.78 is 0. The molecule has 0 bridgehead atoms. The standard InChI is InChI=1S/C9H11NO2S/c1-9(2)6(7(9)8(11)12)5-3-10-4-13-5/h3-4,6-7H,1-2H3,(H,11,12)/t6-,7+/m1/s1. The number of hydrogen-bond donors (Lipinski definition) is 1. The number of carboxylic acids is 1. The number of carbonyl (C=O) groups is 1. The number of rotatable bonds is 2. The first-order valence-electron chi connectivity index (χ1n) is 4.16. The Morgan fingerprint density at radius 3 is 2.77 bits per heavy atom. The van der Waals surface area contributed by atoms with Gasteiger partial charge < -0.3 is 5.11 Å². The fourth-order valence-electron chi connectivity index (χ4n) is 2.01. The van der Waals surface area contributed by atoms with Crippen LogP contribution < -0.4 is 0 Å². The van der Waals surface area contributed by atoms with Crippen molar-refractivity contribution in [2.45, 2.75) is 19.8 Å². The van der Waals surface area contributed by atoms with Crippen LogP contribution in [0.5, 0.6) is 0 Å². The second kappa shape index (κ2) is 2.54. The van der Waals surface area contributed by atoms with Crippen molar-refractivity contribution in [2.75, 3.05) is 0 Å². The van der Waals surface area contributed by atoms with Gasteiger partial charge in [0, 0.05) is 17.0 Å². The summed E-state index contributed by atoms with van der Waals surface area (Å²) in [7, 11) is 0. The minimum absolute atomic E-state index is 0.0988. The number of nitrogens with zero attached hydrogens (tertiary/aromatic N) is 1. The normalized spacial score (nSPS) is 30.0. The maximum Gasteiger partial charge on any atom is 0.307 e. The van der Waals surface area contributed by atoms with Crippen molar-refractivity contribution in [1.82, 2.24) is 4.98 Å². The Kier molecular flexibility index (Phi) is 1.70. The van der Waals surface area contributed by atoms with Gasteiger partial charge in [-0.3, -0.25) is 9.78 Å². The van der Waals surface area contributed by atoms with Crippen LogP contribution in [0.3, 0.4) is 0 Å². The first-order chi connectivity index (χ1) is 6.05. The zero-order valence-corrected chi connectivity index (χ0v) is 8.34. The SMILES string of the molecule is CC1(C)[C@H](C(=O)O)[C@H]1c1cncs1. The van der Waals surface area contributed by atoms with E-state index in [0.717, 1.165) is 4.88 Å². The molecular formula is C9H11NO2S. The Labute approximate surface area is 80.4 Å². The molecule has 3 nitrogen and oxygen atoms in total. The molecule has 70 valence electrons. The quantitative estimate of drug-likeness (QED) is 0.788. The molecule has 2 atom stereocenters. The van der Waals surface area contributed by atoms with E-state index in [0.29, 0.717) is 0 Å². The zero-order valence-electron chi connectivity index (χ0n) is 7.52. The number of thiazole rings is 1. The number of aliphatic carboxylic acids is 1. The molecule has 0 spiro atoms. The third-order valence-corrected chi connectivity index (χ3v) is 3.71. The molecular weight excluding hydrogens is 186 g/mol. The van der Waals surface area contributed by atoms with E-state index in [4.69, 9.17) is 5.11 Å². The van der Waals surface area contributed by atoms with Crippen LogP contribution in [0.2, 0.25) is 0 Å². The second-order valence-corrected chi connectivity index (χ2v) is 4.94. The highest BCUT2D eigenvalue weighted by atomic mass is 32.1. The lowest BCUT2D eigenvalue weighted by Gasteiger charge is -1.97. The molecule has 1 aliphatic carbocycles. The number of hydrogen-bond acceptors (Lipinski definition) is 3. The summed E-state index contributed by atoms with van der Waals surface area (Å²) in [5, 5.41) is 8.94. The van der Waals surface area contributed by atoms with Crippen LogP contribution in [-0.4, -0.2) is 16.1 Å². The second-order valence-electron chi connectivity index (χ2n) is 4.02. The van der Waals surface area contributed by atoms with Crippen LogP contribution in [-0.2, 0) is 4.79 Å². The van der Waals surface area contributed by atoms with E-state index in [1.165, 1.54) is 0 Å². The molecule has 1 heterocycles. The molecule has 0 radical (unpaired) electrons. The molecule has 4 heteroatoms. The van der Waals surface area contributed by atoms with Crippen molar-refractivity contribution in [2.24, 2.45) is 11.3 Å². The molecule has 13 heavy (non-hydrogen) atoms. The highest BCUT2D eigenvalue weighted by Crippen LogP contribution is 2.65.